The van der Waals surface area contributed by atoms with E-state index >= 15 is 0 Å². The molecule has 2 aromatic carbocycles. The number of nitrogens with zero attached hydrogens (tertiary/aromatic N) is 1. The van der Waals surface area contributed by atoms with Gasteiger partial charge >= 0.3 is 5.97 Å². The van der Waals surface area contributed by atoms with Crippen molar-refractivity contribution in [2.24, 2.45) is 0 Å². The summed E-state index contributed by atoms with van der Waals surface area (Å²) in [4.78, 5) is 50.6. The molecule has 156 valence electrons. The summed E-state index contributed by atoms with van der Waals surface area (Å²) in [5.41, 5.74) is 0.590. The van der Waals surface area contributed by atoms with Crippen LogP contribution in [0.5, 0.6) is 0 Å². The maximum Gasteiger partial charge on any atom is 0.326 e. The fourth-order valence-corrected chi connectivity index (χ4v) is 3.99. The molecule has 1 aliphatic rings. The zero-order valence-corrected chi connectivity index (χ0v) is 17.6. The van der Waals surface area contributed by atoms with Crippen LogP contribution in [0.1, 0.15) is 44.4 Å². The van der Waals surface area contributed by atoms with Gasteiger partial charge in [-0.3, -0.25) is 14.4 Å². The lowest BCUT2D eigenvalue weighted by molar-refractivity contribution is -0.139. The van der Waals surface area contributed by atoms with Crippen LogP contribution in [0.2, 0.25) is 5.02 Å². The Bertz CT molecular complexity index is 1030. The molecule has 0 spiro atoms. The summed E-state index contributed by atoms with van der Waals surface area (Å²) < 4.78 is 0. The molecule has 0 aromatic heterocycles. The normalized spacial score (nSPS) is 13.9. The Morgan fingerprint density at radius 3 is 2.50 bits per heavy atom. The number of anilines is 1. The Kier molecular flexibility index (Phi) is 6.79. The lowest BCUT2D eigenvalue weighted by atomic mass is 10.0. The number of imide groups is 1. The fraction of sp³-hybridized carbons (Fsp3) is 0.238. The van der Waals surface area contributed by atoms with Crippen LogP contribution in [0.3, 0.4) is 0 Å². The fourth-order valence-electron chi connectivity index (χ4n) is 3.08. The molecular weight excluding hydrogens is 428 g/mol. The largest absolute Gasteiger partial charge is 0.480 e. The van der Waals surface area contributed by atoms with E-state index in [0.29, 0.717) is 5.75 Å². The maximum absolute atomic E-state index is 12.9. The molecule has 2 aromatic rings. The van der Waals surface area contributed by atoms with Crippen LogP contribution in [0.25, 0.3) is 0 Å². The molecule has 0 bridgehead atoms. The van der Waals surface area contributed by atoms with Crippen LogP contribution < -0.4 is 10.2 Å². The van der Waals surface area contributed by atoms with Crippen molar-refractivity contribution in [1.29, 1.82) is 0 Å². The van der Waals surface area contributed by atoms with Gasteiger partial charge in [-0.25, -0.2) is 9.69 Å². The number of para-hydroxylation sites is 1. The number of carboxylic acids is 1. The van der Waals surface area contributed by atoms with E-state index in [1.165, 1.54) is 18.2 Å². The first-order valence-corrected chi connectivity index (χ1v) is 10.8. The Balaban J connectivity index is 1.83. The molecule has 2 N–H and O–H groups in total. The Morgan fingerprint density at radius 2 is 1.83 bits per heavy atom. The number of carbonyl (C=O) groups is 4. The van der Waals surface area contributed by atoms with Crippen LogP contribution in [0.4, 0.5) is 5.69 Å². The number of halogens is 1. The SMILES string of the molecule is CCSCCC(NC(=O)c1ccc2c(c1)C(=O)N(c1ccccc1Cl)C2=O)C(=O)O. The van der Waals surface area contributed by atoms with E-state index in [1.807, 2.05) is 6.92 Å². The van der Waals surface area contributed by atoms with E-state index in [-0.39, 0.29) is 33.8 Å². The van der Waals surface area contributed by atoms with Crippen LogP contribution >= 0.6 is 23.4 Å². The Hall–Kier alpha value is -2.84. The Labute approximate surface area is 182 Å². The van der Waals surface area contributed by atoms with Crippen molar-refractivity contribution in [3.05, 3.63) is 64.2 Å². The number of amides is 3. The van der Waals surface area contributed by atoms with E-state index < -0.39 is 29.7 Å². The predicted molar refractivity (Wildman–Crippen MR) is 116 cm³/mol. The van der Waals surface area contributed by atoms with E-state index in [0.717, 1.165) is 10.7 Å². The predicted octanol–water partition coefficient (Wildman–Crippen LogP) is 3.47. The summed E-state index contributed by atoms with van der Waals surface area (Å²) >= 11 is 7.71. The first kappa shape index (κ1) is 21.9. The smallest absolute Gasteiger partial charge is 0.326 e. The van der Waals surface area contributed by atoms with Gasteiger partial charge < -0.3 is 10.4 Å². The number of carbonyl (C=O) groups excluding carboxylic acids is 3. The maximum atomic E-state index is 12.9. The summed E-state index contributed by atoms with van der Waals surface area (Å²) in [7, 11) is 0. The van der Waals surface area contributed by atoms with Gasteiger partial charge in [-0.1, -0.05) is 30.7 Å². The van der Waals surface area contributed by atoms with Crippen LogP contribution in [0.15, 0.2) is 42.5 Å². The monoisotopic (exact) mass is 446 g/mol. The van der Waals surface area contributed by atoms with Crippen LogP contribution in [-0.2, 0) is 4.79 Å². The number of carboxylic acid groups (broad SMARTS) is 1. The van der Waals surface area contributed by atoms with E-state index in [2.05, 4.69) is 5.32 Å². The van der Waals surface area contributed by atoms with Gasteiger partial charge in [-0.2, -0.15) is 11.8 Å². The number of fused-ring (bicyclic) bond motifs is 1. The van der Waals surface area contributed by atoms with Gasteiger partial charge in [-0.05, 0) is 48.3 Å². The van der Waals surface area contributed by atoms with Crippen molar-refractivity contribution in [2.45, 2.75) is 19.4 Å². The standard InChI is InChI=1S/C21H19ClN2O5S/c1-2-30-10-9-16(21(28)29)23-18(25)12-7-8-13-14(11-12)20(27)24(19(13)26)17-6-4-3-5-15(17)22/h3-8,11,16H,2,9-10H2,1H3,(H,23,25)(H,28,29). The van der Waals surface area contributed by atoms with Gasteiger partial charge in [0, 0.05) is 5.56 Å². The molecular formula is C21H19ClN2O5S. The van der Waals surface area contributed by atoms with Crippen molar-refractivity contribution >= 4 is 52.7 Å². The van der Waals surface area contributed by atoms with Gasteiger partial charge in [0.15, 0.2) is 0 Å². The number of nitrogens with one attached hydrogen (secondary N) is 1. The van der Waals surface area contributed by atoms with Gasteiger partial charge in [0.25, 0.3) is 17.7 Å². The molecule has 1 unspecified atom stereocenters. The van der Waals surface area contributed by atoms with Crippen molar-refractivity contribution in [3.63, 3.8) is 0 Å². The second kappa shape index (κ2) is 9.32. The molecule has 0 fully saturated rings. The third-order valence-corrected chi connectivity index (χ3v) is 5.85. The van der Waals surface area contributed by atoms with Gasteiger partial charge in [0.2, 0.25) is 0 Å². The molecule has 1 heterocycles. The van der Waals surface area contributed by atoms with E-state index in [1.54, 1.807) is 36.0 Å². The van der Waals surface area contributed by atoms with Crippen molar-refractivity contribution in [3.8, 4) is 0 Å². The average molecular weight is 447 g/mol. The van der Waals surface area contributed by atoms with Gasteiger partial charge in [0.05, 0.1) is 21.8 Å². The number of hydrogen-bond acceptors (Lipinski definition) is 5. The van der Waals surface area contributed by atoms with Crippen molar-refractivity contribution in [1.82, 2.24) is 5.32 Å². The molecule has 0 saturated heterocycles. The number of benzene rings is 2. The van der Waals surface area contributed by atoms with Crippen LogP contribution in [-0.4, -0.2) is 46.3 Å². The highest BCUT2D eigenvalue weighted by Crippen LogP contribution is 2.33. The van der Waals surface area contributed by atoms with Crippen molar-refractivity contribution < 1.29 is 24.3 Å². The molecule has 3 amide bonds. The molecule has 1 aliphatic heterocycles. The van der Waals surface area contributed by atoms with E-state index in [4.69, 9.17) is 11.6 Å². The minimum Gasteiger partial charge on any atom is -0.480 e. The summed E-state index contributed by atoms with van der Waals surface area (Å²) in [5, 5.41) is 12.1. The highest BCUT2D eigenvalue weighted by atomic mass is 35.5. The molecule has 9 heteroatoms. The van der Waals surface area contributed by atoms with Gasteiger partial charge in [0.1, 0.15) is 6.04 Å². The molecule has 30 heavy (non-hydrogen) atoms. The first-order chi connectivity index (χ1) is 14.3. The number of thioether (sulfide) groups is 1. The lowest BCUT2D eigenvalue weighted by Crippen LogP contribution is -2.41. The summed E-state index contributed by atoms with van der Waals surface area (Å²) in [5.74, 6) is -1.43. The molecule has 1 atom stereocenters. The second-order valence-electron chi connectivity index (χ2n) is 6.51. The Morgan fingerprint density at radius 1 is 1.13 bits per heavy atom. The molecule has 0 aliphatic carbocycles. The number of hydrogen-bond donors (Lipinski definition) is 2. The highest BCUT2D eigenvalue weighted by molar-refractivity contribution is 7.99. The highest BCUT2D eigenvalue weighted by Gasteiger charge is 2.38. The summed E-state index contributed by atoms with van der Waals surface area (Å²) in [6.45, 7) is 1.97. The van der Waals surface area contributed by atoms with Crippen molar-refractivity contribution in [2.75, 3.05) is 16.4 Å². The molecule has 0 radical (unpaired) electrons. The third-order valence-electron chi connectivity index (χ3n) is 4.60. The zero-order valence-electron chi connectivity index (χ0n) is 16.1. The molecule has 3 rings (SSSR count). The second-order valence-corrected chi connectivity index (χ2v) is 8.31. The third kappa shape index (κ3) is 4.34. The minimum absolute atomic E-state index is 0.0704. The van der Waals surface area contributed by atoms with Crippen LogP contribution in [0, 0.1) is 0 Å². The van der Waals surface area contributed by atoms with Gasteiger partial charge in [-0.15, -0.1) is 0 Å². The zero-order chi connectivity index (χ0) is 21.8. The number of rotatable bonds is 8. The van der Waals surface area contributed by atoms with E-state index in [9.17, 15) is 24.3 Å². The molecule has 7 nitrogen and oxygen atoms in total. The quantitative estimate of drug-likeness (QED) is 0.475. The minimum atomic E-state index is -1.13. The topological polar surface area (TPSA) is 104 Å². The summed E-state index contributed by atoms with van der Waals surface area (Å²) in [6.07, 6.45) is 0.280. The summed E-state index contributed by atoms with van der Waals surface area (Å²) in [6, 6.07) is 9.53. The number of aliphatic carboxylic acids is 1. The lowest BCUT2D eigenvalue weighted by Gasteiger charge is -2.15. The molecule has 0 saturated carbocycles. The average Bonchev–Trinajstić information content (AvgIpc) is 2.97. The first-order valence-electron chi connectivity index (χ1n) is 9.24.